The van der Waals surface area contributed by atoms with E-state index in [0.29, 0.717) is 25.9 Å². The highest BCUT2D eigenvalue weighted by Crippen LogP contribution is 2.06. The fourth-order valence-electron chi connectivity index (χ4n) is 1.06. The molecule has 0 saturated carbocycles. The number of azide groups is 1. The first-order valence-corrected chi connectivity index (χ1v) is 5.56. The SMILES string of the molecule is [N-]=[N+]=NCCCNC(=O)Cc1ccsc1. The van der Waals surface area contributed by atoms with Gasteiger partial charge in [0.25, 0.3) is 0 Å². The molecular formula is C9H12N4OS. The number of rotatable bonds is 6. The van der Waals surface area contributed by atoms with Gasteiger partial charge in [-0.1, -0.05) is 5.11 Å². The summed E-state index contributed by atoms with van der Waals surface area (Å²) in [6.45, 7) is 0.983. The van der Waals surface area contributed by atoms with Crippen LogP contribution in [0.4, 0.5) is 0 Å². The predicted octanol–water partition coefficient (Wildman–Crippen LogP) is 2.11. The molecule has 1 rings (SSSR count). The van der Waals surface area contributed by atoms with Crippen molar-refractivity contribution in [1.29, 1.82) is 0 Å². The van der Waals surface area contributed by atoms with E-state index in [-0.39, 0.29) is 5.91 Å². The third kappa shape index (κ3) is 5.05. The van der Waals surface area contributed by atoms with Crippen LogP contribution in [0, 0.1) is 0 Å². The highest BCUT2D eigenvalue weighted by molar-refractivity contribution is 7.07. The molecule has 1 aromatic rings. The van der Waals surface area contributed by atoms with E-state index in [9.17, 15) is 4.79 Å². The van der Waals surface area contributed by atoms with Gasteiger partial charge in [0.1, 0.15) is 0 Å². The highest BCUT2D eigenvalue weighted by atomic mass is 32.1. The van der Waals surface area contributed by atoms with Crippen molar-refractivity contribution in [2.75, 3.05) is 13.1 Å². The van der Waals surface area contributed by atoms with Crippen LogP contribution >= 0.6 is 11.3 Å². The summed E-state index contributed by atoms with van der Waals surface area (Å²) in [6.07, 6.45) is 1.10. The van der Waals surface area contributed by atoms with Gasteiger partial charge in [0.2, 0.25) is 5.91 Å². The molecule has 6 heteroatoms. The average Bonchev–Trinajstić information content (AvgIpc) is 2.70. The predicted molar refractivity (Wildman–Crippen MR) is 59.7 cm³/mol. The Morgan fingerprint density at radius 1 is 1.67 bits per heavy atom. The summed E-state index contributed by atoms with van der Waals surface area (Å²) >= 11 is 1.58. The van der Waals surface area contributed by atoms with Crippen LogP contribution in [0.25, 0.3) is 10.4 Å². The molecule has 80 valence electrons. The maximum atomic E-state index is 11.3. The Morgan fingerprint density at radius 2 is 2.53 bits per heavy atom. The molecular weight excluding hydrogens is 212 g/mol. The molecule has 0 aliphatic carbocycles. The molecule has 0 bridgehead atoms. The van der Waals surface area contributed by atoms with Crippen molar-refractivity contribution in [3.63, 3.8) is 0 Å². The molecule has 1 heterocycles. The molecule has 1 aromatic heterocycles. The first-order valence-electron chi connectivity index (χ1n) is 4.61. The molecule has 0 aliphatic rings. The standard InChI is InChI=1S/C9H12N4OS/c10-13-12-4-1-3-11-9(14)6-8-2-5-15-7-8/h2,5,7H,1,3-4,6H2,(H,11,14). The van der Waals surface area contributed by atoms with Crippen molar-refractivity contribution in [1.82, 2.24) is 5.32 Å². The van der Waals surface area contributed by atoms with Gasteiger partial charge in [0, 0.05) is 18.0 Å². The van der Waals surface area contributed by atoms with E-state index in [0.717, 1.165) is 5.56 Å². The van der Waals surface area contributed by atoms with Crippen LogP contribution in [0.2, 0.25) is 0 Å². The van der Waals surface area contributed by atoms with Crippen LogP contribution in [0.15, 0.2) is 21.9 Å². The second-order valence-electron chi connectivity index (χ2n) is 2.97. The van der Waals surface area contributed by atoms with Gasteiger partial charge in [-0.15, -0.1) is 0 Å². The van der Waals surface area contributed by atoms with Crippen molar-refractivity contribution in [2.24, 2.45) is 5.11 Å². The molecule has 0 spiro atoms. The minimum atomic E-state index is 0.00865. The van der Waals surface area contributed by atoms with Crippen molar-refractivity contribution in [3.05, 3.63) is 32.8 Å². The summed E-state index contributed by atoms with van der Waals surface area (Å²) in [4.78, 5) is 14.0. The van der Waals surface area contributed by atoms with E-state index in [1.807, 2.05) is 16.8 Å². The first-order chi connectivity index (χ1) is 7.33. The Kier molecular flexibility index (Phi) is 5.29. The molecule has 1 amide bonds. The molecule has 15 heavy (non-hydrogen) atoms. The molecule has 0 fully saturated rings. The number of amides is 1. The Morgan fingerprint density at radius 3 is 3.20 bits per heavy atom. The van der Waals surface area contributed by atoms with Gasteiger partial charge >= 0.3 is 0 Å². The quantitative estimate of drug-likeness (QED) is 0.341. The van der Waals surface area contributed by atoms with Gasteiger partial charge < -0.3 is 5.32 Å². The van der Waals surface area contributed by atoms with Gasteiger partial charge in [-0.3, -0.25) is 4.79 Å². The number of carbonyl (C=O) groups is 1. The number of nitrogens with one attached hydrogen (secondary N) is 1. The molecule has 0 aliphatic heterocycles. The minimum Gasteiger partial charge on any atom is -0.356 e. The summed E-state index contributed by atoms with van der Waals surface area (Å²) in [7, 11) is 0. The Hall–Kier alpha value is -1.52. The minimum absolute atomic E-state index is 0.00865. The van der Waals surface area contributed by atoms with Crippen molar-refractivity contribution in [3.8, 4) is 0 Å². The normalized spacial score (nSPS) is 9.33. The van der Waals surface area contributed by atoms with Gasteiger partial charge in [-0.2, -0.15) is 11.3 Å². The summed E-state index contributed by atoms with van der Waals surface area (Å²) in [5.41, 5.74) is 9.05. The van der Waals surface area contributed by atoms with Crippen LogP contribution in [0.1, 0.15) is 12.0 Å². The third-order valence-corrected chi connectivity index (χ3v) is 2.50. The number of thiophene rings is 1. The fraction of sp³-hybridized carbons (Fsp3) is 0.444. The van der Waals surface area contributed by atoms with Gasteiger partial charge in [0.15, 0.2) is 0 Å². The lowest BCUT2D eigenvalue weighted by Gasteiger charge is -2.02. The summed E-state index contributed by atoms with van der Waals surface area (Å²) < 4.78 is 0. The topological polar surface area (TPSA) is 77.9 Å². The van der Waals surface area contributed by atoms with Gasteiger partial charge in [0.05, 0.1) is 6.42 Å². The van der Waals surface area contributed by atoms with Crippen LogP contribution in [0.3, 0.4) is 0 Å². The highest BCUT2D eigenvalue weighted by Gasteiger charge is 2.01. The lowest BCUT2D eigenvalue weighted by molar-refractivity contribution is -0.120. The molecule has 0 aromatic carbocycles. The summed E-state index contributed by atoms with van der Waals surface area (Å²) in [5.74, 6) is 0.00865. The summed E-state index contributed by atoms with van der Waals surface area (Å²) in [6, 6.07) is 1.93. The van der Waals surface area contributed by atoms with Crippen LogP contribution in [-0.2, 0) is 11.2 Å². The third-order valence-electron chi connectivity index (χ3n) is 1.77. The smallest absolute Gasteiger partial charge is 0.224 e. The zero-order valence-corrected chi connectivity index (χ0v) is 9.04. The molecule has 5 nitrogen and oxygen atoms in total. The van der Waals surface area contributed by atoms with Crippen LogP contribution < -0.4 is 5.32 Å². The van der Waals surface area contributed by atoms with E-state index in [1.54, 1.807) is 11.3 Å². The van der Waals surface area contributed by atoms with Gasteiger partial charge in [-0.25, -0.2) is 0 Å². The zero-order chi connectivity index (χ0) is 10.9. The van der Waals surface area contributed by atoms with E-state index < -0.39 is 0 Å². The Balaban J connectivity index is 2.11. The van der Waals surface area contributed by atoms with Crippen molar-refractivity contribution >= 4 is 17.2 Å². The maximum absolute atomic E-state index is 11.3. The average molecular weight is 224 g/mol. The second-order valence-corrected chi connectivity index (χ2v) is 3.75. The van der Waals surface area contributed by atoms with Crippen LogP contribution in [0.5, 0.6) is 0 Å². The first kappa shape index (κ1) is 11.6. The van der Waals surface area contributed by atoms with E-state index in [1.165, 1.54) is 0 Å². The molecule has 0 saturated heterocycles. The van der Waals surface area contributed by atoms with Crippen molar-refractivity contribution < 1.29 is 4.79 Å². The lowest BCUT2D eigenvalue weighted by atomic mass is 10.2. The molecule has 1 N–H and O–H groups in total. The molecule has 0 unspecified atom stereocenters. The number of nitrogens with zero attached hydrogens (tertiary/aromatic N) is 3. The van der Waals surface area contributed by atoms with E-state index >= 15 is 0 Å². The van der Waals surface area contributed by atoms with Gasteiger partial charge in [-0.05, 0) is 34.3 Å². The van der Waals surface area contributed by atoms with Crippen LogP contribution in [-0.4, -0.2) is 19.0 Å². The number of carbonyl (C=O) groups excluding carboxylic acids is 1. The molecule has 0 atom stereocenters. The fourth-order valence-corrected chi connectivity index (χ4v) is 1.73. The largest absolute Gasteiger partial charge is 0.356 e. The number of hydrogen-bond acceptors (Lipinski definition) is 3. The maximum Gasteiger partial charge on any atom is 0.224 e. The zero-order valence-electron chi connectivity index (χ0n) is 8.22. The Bertz CT molecular complexity index is 343. The van der Waals surface area contributed by atoms with E-state index in [2.05, 4.69) is 15.3 Å². The lowest BCUT2D eigenvalue weighted by Crippen LogP contribution is -2.26. The molecule has 0 radical (unpaired) electrons. The van der Waals surface area contributed by atoms with Crippen molar-refractivity contribution in [2.45, 2.75) is 12.8 Å². The Labute approximate surface area is 91.7 Å². The summed E-state index contributed by atoms with van der Waals surface area (Å²) in [5, 5.41) is 10.0. The second kappa shape index (κ2) is 6.86. The monoisotopic (exact) mass is 224 g/mol. The van der Waals surface area contributed by atoms with E-state index in [4.69, 9.17) is 5.53 Å². The number of hydrogen-bond donors (Lipinski definition) is 1.